The molecule has 0 bridgehead atoms. The summed E-state index contributed by atoms with van der Waals surface area (Å²) in [4.78, 5) is 20.2. The molecule has 3 rings (SSSR count). The van der Waals surface area contributed by atoms with Crippen LogP contribution >= 0.6 is 0 Å². The zero-order valence-electron chi connectivity index (χ0n) is 14.1. The Bertz CT molecular complexity index is 868. The minimum absolute atomic E-state index is 0.153. The van der Waals surface area contributed by atoms with E-state index in [1.165, 1.54) is 0 Å². The van der Waals surface area contributed by atoms with Gasteiger partial charge in [0.15, 0.2) is 0 Å². The van der Waals surface area contributed by atoms with Crippen molar-refractivity contribution < 1.29 is 9.53 Å². The van der Waals surface area contributed by atoms with Gasteiger partial charge in [-0.3, -0.25) is 4.79 Å². The topological polar surface area (TPSA) is 67.0 Å². The first-order valence-corrected chi connectivity index (χ1v) is 7.98. The van der Waals surface area contributed by atoms with Gasteiger partial charge in [-0.1, -0.05) is 32.0 Å². The third-order valence-corrected chi connectivity index (χ3v) is 3.92. The van der Waals surface area contributed by atoms with Gasteiger partial charge in [0.2, 0.25) is 0 Å². The van der Waals surface area contributed by atoms with E-state index in [0.29, 0.717) is 23.8 Å². The van der Waals surface area contributed by atoms with Crippen LogP contribution in [0.1, 0.15) is 41.5 Å². The Hall–Kier alpha value is -2.82. The highest BCUT2D eigenvalue weighted by Crippen LogP contribution is 2.19. The molecule has 0 radical (unpaired) electrons. The summed E-state index contributed by atoms with van der Waals surface area (Å²) in [6.07, 6.45) is 0. The number of para-hydroxylation sites is 1. The molecule has 1 amide bonds. The SMILES string of the molecule is COc1ccccc1C(=O)NCc1ccc2nc(C(C)C)[nH]c2c1. The molecule has 0 unspecified atom stereocenters. The highest BCUT2D eigenvalue weighted by Gasteiger charge is 2.11. The molecular weight excluding hydrogens is 302 g/mol. The second-order valence-electron chi connectivity index (χ2n) is 6.01. The number of imidazole rings is 1. The molecule has 5 nitrogen and oxygen atoms in total. The average Bonchev–Trinajstić information content (AvgIpc) is 3.03. The number of benzene rings is 2. The molecule has 1 aromatic heterocycles. The van der Waals surface area contributed by atoms with Crippen molar-refractivity contribution in [3.05, 3.63) is 59.4 Å². The molecule has 24 heavy (non-hydrogen) atoms. The second kappa shape index (κ2) is 6.74. The Morgan fingerprint density at radius 2 is 2.04 bits per heavy atom. The summed E-state index contributed by atoms with van der Waals surface area (Å²) in [6, 6.07) is 13.2. The fourth-order valence-electron chi connectivity index (χ4n) is 2.57. The molecule has 0 saturated carbocycles. The lowest BCUT2D eigenvalue weighted by atomic mass is 10.1. The number of amides is 1. The average molecular weight is 323 g/mol. The van der Waals surface area contributed by atoms with Gasteiger partial charge >= 0.3 is 0 Å². The molecule has 3 aromatic rings. The van der Waals surface area contributed by atoms with Crippen molar-refractivity contribution in [3.8, 4) is 5.75 Å². The summed E-state index contributed by atoms with van der Waals surface area (Å²) in [5.41, 5.74) is 3.48. The number of aromatic amines is 1. The van der Waals surface area contributed by atoms with Crippen molar-refractivity contribution in [1.29, 1.82) is 0 Å². The first-order valence-electron chi connectivity index (χ1n) is 7.98. The van der Waals surface area contributed by atoms with Crippen LogP contribution in [0.2, 0.25) is 0 Å². The number of fused-ring (bicyclic) bond motifs is 1. The number of ether oxygens (including phenoxy) is 1. The molecule has 1 heterocycles. The van der Waals surface area contributed by atoms with Crippen LogP contribution in [0.5, 0.6) is 5.75 Å². The van der Waals surface area contributed by atoms with Crippen molar-refractivity contribution in [2.45, 2.75) is 26.3 Å². The molecule has 0 aliphatic heterocycles. The minimum Gasteiger partial charge on any atom is -0.496 e. The molecule has 0 aliphatic carbocycles. The lowest BCUT2D eigenvalue weighted by Crippen LogP contribution is -2.23. The minimum atomic E-state index is -0.153. The van der Waals surface area contributed by atoms with Crippen LogP contribution in [0.3, 0.4) is 0 Å². The summed E-state index contributed by atoms with van der Waals surface area (Å²) in [5.74, 6) is 1.74. The van der Waals surface area contributed by atoms with E-state index in [1.54, 1.807) is 19.2 Å². The van der Waals surface area contributed by atoms with Gasteiger partial charge < -0.3 is 15.0 Å². The molecule has 0 aliphatic rings. The van der Waals surface area contributed by atoms with Gasteiger partial charge in [-0.25, -0.2) is 4.98 Å². The number of carbonyl (C=O) groups excluding carboxylic acids is 1. The number of rotatable bonds is 5. The normalized spacial score (nSPS) is 11.0. The van der Waals surface area contributed by atoms with E-state index >= 15 is 0 Å². The molecule has 2 N–H and O–H groups in total. The smallest absolute Gasteiger partial charge is 0.255 e. The fraction of sp³-hybridized carbons (Fsp3) is 0.263. The molecule has 0 atom stereocenters. The van der Waals surface area contributed by atoms with Crippen LogP contribution in [-0.2, 0) is 6.54 Å². The summed E-state index contributed by atoms with van der Waals surface area (Å²) in [6.45, 7) is 4.65. The highest BCUT2D eigenvalue weighted by molar-refractivity contribution is 5.96. The predicted molar refractivity (Wildman–Crippen MR) is 94.3 cm³/mol. The van der Waals surface area contributed by atoms with E-state index in [2.05, 4.69) is 29.1 Å². The molecule has 2 aromatic carbocycles. The monoisotopic (exact) mass is 323 g/mol. The van der Waals surface area contributed by atoms with Gasteiger partial charge in [0, 0.05) is 12.5 Å². The van der Waals surface area contributed by atoms with Crippen LogP contribution < -0.4 is 10.1 Å². The van der Waals surface area contributed by atoms with E-state index in [-0.39, 0.29) is 5.91 Å². The zero-order valence-corrected chi connectivity index (χ0v) is 14.1. The standard InChI is InChI=1S/C19H21N3O2/c1-12(2)18-21-15-9-8-13(10-16(15)22-18)11-20-19(23)14-6-4-5-7-17(14)24-3/h4-10,12H,11H2,1-3H3,(H,20,23)(H,21,22). The van der Waals surface area contributed by atoms with Crippen LogP contribution in [-0.4, -0.2) is 23.0 Å². The molecule has 124 valence electrons. The van der Waals surface area contributed by atoms with Crippen LogP contribution in [0, 0.1) is 0 Å². The Kier molecular flexibility index (Phi) is 4.51. The van der Waals surface area contributed by atoms with E-state index < -0.39 is 0 Å². The van der Waals surface area contributed by atoms with Gasteiger partial charge in [0.05, 0.1) is 23.7 Å². The Morgan fingerprint density at radius 1 is 1.25 bits per heavy atom. The lowest BCUT2D eigenvalue weighted by molar-refractivity contribution is 0.0948. The van der Waals surface area contributed by atoms with E-state index in [1.807, 2.05) is 30.3 Å². The maximum atomic E-state index is 12.3. The van der Waals surface area contributed by atoms with Crippen molar-refractivity contribution in [2.75, 3.05) is 7.11 Å². The number of aromatic nitrogens is 2. The van der Waals surface area contributed by atoms with Gasteiger partial charge in [-0.15, -0.1) is 0 Å². The highest BCUT2D eigenvalue weighted by atomic mass is 16.5. The van der Waals surface area contributed by atoms with Crippen LogP contribution in [0.25, 0.3) is 11.0 Å². The largest absolute Gasteiger partial charge is 0.496 e. The predicted octanol–water partition coefficient (Wildman–Crippen LogP) is 3.62. The van der Waals surface area contributed by atoms with Gasteiger partial charge in [0.25, 0.3) is 5.91 Å². The van der Waals surface area contributed by atoms with Gasteiger partial charge in [-0.2, -0.15) is 0 Å². The number of carbonyl (C=O) groups is 1. The third kappa shape index (κ3) is 3.25. The number of methoxy groups -OCH3 is 1. The number of H-pyrrole nitrogens is 1. The lowest BCUT2D eigenvalue weighted by Gasteiger charge is -2.09. The first-order chi connectivity index (χ1) is 11.6. The Labute approximate surface area is 141 Å². The van der Waals surface area contributed by atoms with Crippen molar-refractivity contribution in [2.24, 2.45) is 0 Å². The number of nitrogens with zero attached hydrogens (tertiary/aromatic N) is 1. The fourth-order valence-corrected chi connectivity index (χ4v) is 2.57. The molecule has 5 heteroatoms. The Balaban J connectivity index is 1.74. The molecule has 0 spiro atoms. The van der Waals surface area contributed by atoms with Crippen molar-refractivity contribution in [1.82, 2.24) is 15.3 Å². The maximum absolute atomic E-state index is 12.3. The first kappa shape index (κ1) is 16.1. The molecular formula is C19H21N3O2. The Morgan fingerprint density at radius 3 is 2.79 bits per heavy atom. The summed E-state index contributed by atoms with van der Waals surface area (Å²) in [5, 5.41) is 2.93. The maximum Gasteiger partial charge on any atom is 0.255 e. The van der Waals surface area contributed by atoms with Crippen molar-refractivity contribution >= 4 is 16.9 Å². The van der Waals surface area contributed by atoms with Crippen LogP contribution in [0.15, 0.2) is 42.5 Å². The number of nitrogens with one attached hydrogen (secondary N) is 2. The van der Waals surface area contributed by atoms with E-state index in [9.17, 15) is 4.79 Å². The van der Waals surface area contributed by atoms with Crippen molar-refractivity contribution in [3.63, 3.8) is 0 Å². The molecule has 0 fully saturated rings. The zero-order chi connectivity index (χ0) is 17.1. The molecule has 0 saturated heterocycles. The number of hydrogen-bond acceptors (Lipinski definition) is 3. The summed E-state index contributed by atoms with van der Waals surface area (Å²) >= 11 is 0. The van der Waals surface area contributed by atoms with Crippen LogP contribution in [0.4, 0.5) is 0 Å². The van der Waals surface area contributed by atoms with E-state index in [4.69, 9.17) is 4.74 Å². The second-order valence-corrected chi connectivity index (χ2v) is 6.01. The quantitative estimate of drug-likeness (QED) is 0.753. The van der Waals surface area contributed by atoms with E-state index in [0.717, 1.165) is 22.4 Å². The van der Waals surface area contributed by atoms with Gasteiger partial charge in [-0.05, 0) is 29.8 Å². The third-order valence-electron chi connectivity index (χ3n) is 3.92. The number of hydrogen-bond donors (Lipinski definition) is 2. The van der Waals surface area contributed by atoms with Gasteiger partial charge in [0.1, 0.15) is 11.6 Å². The summed E-state index contributed by atoms with van der Waals surface area (Å²) < 4.78 is 5.23. The summed E-state index contributed by atoms with van der Waals surface area (Å²) in [7, 11) is 1.56.